The predicted molar refractivity (Wildman–Crippen MR) is 166 cm³/mol. The molecule has 3 aromatic rings. The van der Waals surface area contributed by atoms with Crippen LogP contribution >= 0.6 is 11.6 Å². The Hall–Kier alpha value is -3.36. The molecule has 41 heavy (non-hydrogen) atoms. The van der Waals surface area contributed by atoms with Gasteiger partial charge in [-0.3, -0.25) is 13.9 Å². The Bertz CT molecular complexity index is 1460. The molecule has 0 heterocycles. The Morgan fingerprint density at radius 1 is 0.902 bits per heavy atom. The number of benzene rings is 3. The number of nitrogens with zero attached hydrogens (tertiary/aromatic N) is 2. The largest absolute Gasteiger partial charge is 0.354 e. The SMILES string of the molecule is CC[C@H](C(=O)NCC(C)C)N(Cc1ccc(C)cc1)C(=O)CN(c1ccc(C)c(Cl)c1)S(=O)(=O)c1ccc(C)cc1. The van der Waals surface area contributed by atoms with Crippen LogP contribution in [0.15, 0.2) is 71.6 Å². The lowest BCUT2D eigenvalue weighted by Crippen LogP contribution is -2.52. The summed E-state index contributed by atoms with van der Waals surface area (Å²) >= 11 is 6.40. The van der Waals surface area contributed by atoms with Gasteiger partial charge in [-0.15, -0.1) is 0 Å². The molecular formula is C32H40ClN3O4S. The zero-order valence-electron chi connectivity index (χ0n) is 24.6. The van der Waals surface area contributed by atoms with Crippen molar-refractivity contribution in [1.82, 2.24) is 10.2 Å². The summed E-state index contributed by atoms with van der Waals surface area (Å²) in [5, 5.41) is 3.33. The molecule has 7 nitrogen and oxygen atoms in total. The third-order valence-corrected chi connectivity index (χ3v) is 9.07. The van der Waals surface area contributed by atoms with Crippen molar-refractivity contribution < 1.29 is 18.0 Å². The molecule has 9 heteroatoms. The minimum absolute atomic E-state index is 0.0550. The molecule has 1 N–H and O–H groups in total. The van der Waals surface area contributed by atoms with Crippen LogP contribution in [0, 0.1) is 26.7 Å². The summed E-state index contributed by atoms with van der Waals surface area (Å²) in [6.07, 6.45) is 0.364. The number of carbonyl (C=O) groups is 2. The van der Waals surface area contributed by atoms with Crippen molar-refractivity contribution in [3.05, 3.63) is 94.0 Å². The highest BCUT2D eigenvalue weighted by molar-refractivity contribution is 7.92. The summed E-state index contributed by atoms with van der Waals surface area (Å²) in [6.45, 7) is 11.6. The molecule has 3 aromatic carbocycles. The molecule has 0 bridgehead atoms. The fourth-order valence-corrected chi connectivity index (χ4v) is 5.92. The number of sulfonamides is 1. The smallest absolute Gasteiger partial charge is 0.264 e. The van der Waals surface area contributed by atoms with Crippen LogP contribution in [0.3, 0.4) is 0 Å². The number of rotatable bonds is 12. The molecule has 0 spiro atoms. The molecule has 0 saturated heterocycles. The first-order chi connectivity index (χ1) is 19.3. The first-order valence-electron chi connectivity index (χ1n) is 13.8. The topological polar surface area (TPSA) is 86.8 Å². The summed E-state index contributed by atoms with van der Waals surface area (Å²) in [5.74, 6) is -0.531. The van der Waals surface area contributed by atoms with Gasteiger partial charge in [0.2, 0.25) is 11.8 Å². The maximum atomic E-state index is 14.1. The van der Waals surface area contributed by atoms with Crippen LogP contribution in [0.5, 0.6) is 0 Å². The van der Waals surface area contributed by atoms with Gasteiger partial charge in [-0.1, -0.05) is 86.0 Å². The fourth-order valence-electron chi connectivity index (χ4n) is 4.34. The van der Waals surface area contributed by atoms with E-state index in [4.69, 9.17) is 11.6 Å². The monoisotopic (exact) mass is 597 g/mol. The van der Waals surface area contributed by atoms with E-state index in [0.717, 1.165) is 26.6 Å². The van der Waals surface area contributed by atoms with Crippen LogP contribution in [0.4, 0.5) is 5.69 Å². The van der Waals surface area contributed by atoms with Crippen molar-refractivity contribution in [2.24, 2.45) is 5.92 Å². The molecule has 0 aliphatic carbocycles. The normalized spacial score (nSPS) is 12.2. The van der Waals surface area contributed by atoms with Crippen LogP contribution in [0.1, 0.15) is 49.4 Å². The molecule has 0 aromatic heterocycles. The molecule has 220 valence electrons. The molecule has 3 rings (SSSR count). The summed E-state index contributed by atoms with van der Waals surface area (Å²) in [4.78, 5) is 29.0. The second-order valence-corrected chi connectivity index (χ2v) is 13.1. The van der Waals surface area contributed by atoms with E-state index in [2.05, 4.69) is 5.32 Å². The van der Waals surface area contributed by atoms with E-state index in [9.17, 15) is 18.0 Å². The number of hydrogen-bond acceptors (Lipinski definition) is 4. The maximum absolute atomic E-state index is 14.1. The lowest BCUT2D eigenvalue weighted by Gasteiger charge is -2.33. The Labute approximate surface area is 249 Å². The number of aryl methyl sites for hydroxylation is 3. The Morgan fingerprint density at radius 3 is 2.02 bits per heavy atom. The standard InChI is InChI=1S/C32H40ClN3O4S/c1-7-30(32(38)34-19-22(2)3)35(20-26-13-8-23(4)9-14-26)31(37)21-36(27-15-12-25(6)29(33)18-27)41(39,40)28-16-10-24(5)11-17-28/h8-18,22,30H,7,19-21H2,1-6H3,(H,34,38)/t30-/m1/s1. The predicted octanol–water partition coefficient (Wildman–Crippen LogP) is 6.04. The number of hydrogen-bond donors (Lipinski definition) is 1. The molecule has 0 saturated carbocycles. The quantitative estimate of drug-likeness (QED) is 0.276. The van der Waals surface area contributed by atoms with Crippen molar-refractivity contribution >= 4 is 39.1 Å². The molecule has 1 atom stereocenters. The van der Waals surface area contributed by atoms with Crippen LogP contribution in [-0.4, -0.2) is 44.3 Å². The number of halogens is 1. The summed E-state index contributed by atoms with van der Waals surface area (Å²) in [6, 6.07) is 18.3. The van der Waals surface area contributed by atoms with Crippen LogP contribution < -0.4 is 9.62 Å². The summed E-state index contributed by atoms with van der Waals surface area (Å²) in [5.41, 5.74) is 3.86. The van der Waals surface area contributed by atoms with Crippen LogP contribution in [0.25, 0.3) is 0 Å². The molecule has 0 radical (unpaired) electrons. The second kappa shape index (κ2) is 14.0. The Balaban J connectivity index is 2.06. The van der Waals surface area contributed by atoms with Crippen molar-refractivity contribution in [2.75, 3.05) is 17.4 Å². The lowest BCUT2D eigenvalue weighted by molar-refractivity contribution is -0.140. The number of nitrogens with one attached hydrogen (secondary N) is 1. The van der Waals surface area contributed by atoms with Gasteiger partial charge in [0.25, 0.3) is 10.0 Å². The van der Waals surface area contributed by atoms with Gasteiger partial charge in [0.15, 0.2) is 0 Å². The van der Waals surface area contributed by atoms with Gasteiger partial charge in [-0.2, -0.15) is 0 Å². The summed E-state index contributed by atoms with van der Waals surface area (Å²) < 4.78 is 29.0. The van der Waals surface area contributed by atoms with E-state index < -0.39 is 28.5 Å². The lowest BCUT2D eigenvalue weighted by atomic mass is 10.1. The average molecular weight is 598 g/mol. The Kier molecular flexibility index (Phi) is 11.0. The van der Waals surface area contributed by atoms with Crippen molar-refractivity contribution in [1.29, 1.82) is 0 Å². The Morgan fingerprint density at radius 2 is 1.49 bits per heavy atom. The van der Waals surface area contributed by atoms with Gasteiger partial charge in [-0.25, -0.2) is 8.42 Å². The molecule has 0 fully saturated rings. The average Bonchev–Trinajstić information content (AvgIpc) is 2.93. The number of amides is 2. The van der Waals surface area contributed by atoms with Crippen molar-refractivity contribution in [2.45, 2.75) is 65.4 Å². The molecule has 0 aliphatic heterocycles. The summed E-state index contributed by atoms with van der Waals surface area (Å²) in [7, 11) is -4.16. The van der Waals surface area contributed by atoms with Gasteiger partial charge in [-0.05, 0) is 68.5 Å². The highest BCUT2D eigenvalue weighted by Gasteiger charge is 2.33. The van der Waals surface area contributed by atoms with Gasteiger partial charge in [0, 0.05) is 18.1 Å². The molecule has 2 amide bonds. The van der Waals surface area contributed by atoms with E-state index in [1.807, 2.05) is 65.8 Å². The zero-order valence-corrected chi connectivity index (χ0v) is 26.2. The highest BCUT2D eigenvalue weighted by atomic mass is 35.5. The third kappa shape index (κ3) is 8.33. The second-order valence-electron chi connectivity index (χ2n) is 10.8. The molecule has 0 aliphatic rings. The minimum Gasteiger partial charge on any atom is -0.354 e. The first-order valence-corrected chi connectivity index (χ1v) is 15.6. The van der Waals surface area contributed by atoms with E-state index in [1.165, 1.54) is 17.0 Å². The van der Waals surface area contributed by atoms with Crippen molar-refractivity contribution in [3.63, 3.8) is 0 Å². The van der Waals surface area contributed by atoms with E-state index in [-0.39, 0.29) is 29.0 Å². The van der Waals surface area contributed by atoms with E-state index in [0.29, 0.717) is 18.0 Å². The number of anilines is 1. The zero-order chi connectivity index (χ0) is 30.3. The fraction of sp³-hybridized carbons (Fsp3) is 0.375. The minimum atomic E-state index is -4.16. The van der Waals surface area contributed by atoms with E-state index >= 15 is 0 Å². The third-order valence-electron chi connectivity index (χ3n) is 6.88. The number of carbonyl (C=O) groups excluding carboxylic acids is 2. The van der Waals surface area contributed by atoms with Gasteiger partial charge in [0.1, 0.15) is 12.6 Å². The van der Waals surface area contributed by atoms with Crippen molar-refractivity contribution in [3.8, 4) is 0 Å². The van der Waals surface area contributed by atoms with Crippen LogP contribution in [0.2, 0.25) is 5.02 Å². The van der Waals surface area contributed by atoms with Crippen LogP contribution in [-0.2, 0) is 26.2 Å². The maximum Gasteiger partial charge on any atom is 0.264 e. The first kappa shape index (κ1) is 32.2. The van der Waals surface area contributed by atoms with E-state index in [1.54, 1.807) is 30.3 Å². The highest BCUT2D eigenvalue weighted by Crippen LogP contribution is 2.29. The molecule has 0 unspecified atom stereocenters. The molecular weight excluding hydrogens is 558 g/mol. The van der Waals surface area contributed by atoms with Gasteiger partial charge < -0.3 is 10.2 Å². The van der Waals surface area contributed by atoms with Gasteiger partial charge in [0.05, 0.1) is 10.6 Å². The van der Waals surface area contributed by atoms with Gasteiger partial charge >= 0.3 is 0 Å².